The summed E-state index contributed by atoms with van der Waals surface area (Å²) < 4.78 is 0. The summed E-state index contributed by atoms with van der Waals surface area (Å²) in [5, 5.41) is 7.00. The van der Waals surface area contributed by atoms with Crippen molar-refractivity contribution in [1.82, 2.24) is 0 Å². The van der Waals surface area contributed by atoms with Crippen LogP contribution in [-0.2, 0) is 4.79 Å². The first-order chi connectivity index (χ1) is 3.41. The number of hydrogen-bond donors (Lipinski definition) is 1. The molecule has 0 aromatic rings. The quantitative estimate of drug-likeness (QED) is 0.373. The maximum Gasteiger partial charge on any atom is 0.234 e. The molecule has 42 valence electrons. The third-order valence-electron chi connectivity index (χ3n) is 0.223. The molecule has 0 radical (unpaired) electrons. The number of aliphatic imine (C=N–C) groups is 1. The van der Waals surface area contributed by atoms with Crippen molar-refractivity contribution in [1.29, 1.82) is 0 Å². The Labute approximate surface area is 42.7 Å². The van der Waals surface area contributed by atoms with Crippen LogP contribution in [0, 0.1) is 0 Å². The Morgan fingerprint density at radius 1 is 1.71 bits per heavy atom. The van der Waals surface area contributed by atoms with E-state index in [4.69, 9.17) is 9.90 Å². The van der Waals surface area contributed by atoms with Crippen LogP contribution in [0.4, 0.5) is 0 Å². The molecule has 3 nitrogen and oxygen atoms in total. The van der Waals surface area contributed by atoms with Crippen molar-refractivity contribution in [3.8, 4) is 0 Å². The molecule has 0 fully saturated rings. The summed E-state index contributed by atoms with van der Waals surface area (Å²) in [6, 6.07) is 0. The van der Waals surface area contributed by atoms with E-state index in [0.29, 0.717) is 6.54 Å². The highest BCUT2D eigenvalue weighted by Crippen LogP contribution is 1.52. The molecule has 0 aromatic carbocycles. The molecule has 1 N–H and O–H groups in total. The summed E-state index contributed by atoms with van der Waals surface area (Å²) in [7, 11) is 1.00. The number of aliphatic hydroxyl groups excluding tert-OH is 1. The van der Waals surface area contributed by atoms with Crippen molar-refractivity contribution in [3.05, 3.63) is 0 Å². The van der Waals surface area contributed by atoms with Crippen LogP contribution >= 0.6 is 0 Å². The molecular weight excluding hydrogens is 94.0 g/mol. The molecule has 0 unspecified atom stereocenters. The Bertz CT molecular complexity index is 56.7. The summed E-state index contributed by atoms with van der Waals surface area (Å²) >= 11 is 0. The van der Waals surface area contributed by atoms with Gasteiger partial charge in [-0.25, -0.2) is 9.79 Å². The highest BCUT2D eigenvalue weighted by Gasteiger charge is 1.52. The van der Waals surface area contributed by atoms with Crippen LogP contribution < -0.4 is 0 Å². The number of isocyanates is 1. The second-order valence-corrected chi connectivity index (χ2v) is 0.566. The standard InChI is InChI=1S/C3H5NO.CH4O/c1-2-4-3-5;1-2/h2H2,1H3;2H,1H3. The summed E-state index contributed by atoms with van der Waals surface area (Å²) in [5.74, 6) is 0. The molecule has 0 aliphatic rings. The molecule has 0 aromatic heterocycles. The molecule has 0 heterocycles. The second-order valence-electron chi connectivity index (χ2n) is 0.566. The van der Waals surface area contributed by atoms with Crippen molar-refractivity contribution < 1.29 is 9.90 Å². The minimum Gasteiger partial charge on any atom is -0.400 e. The van der Waals surface area contributed by atoms with Crippen molar-refractivity contribution in [2.24, 2.45) is 4.99 Å². The molecule has 0 saturated carbocycles. The van der Waals surface area contributed by atoms with Crippen molar-refractivity contribution in [3.63, 3.8) is 0 Å². The molecule has 0 aliphatic heterocycles. The zero-order chi connectivity index (χ0) is 6.12. The average molecular weight is 103 g/mol. The lowest BCUT2D eigenvalue weighted by Gasteiger charge is -1.58. The van der Waals surface area contributed by atoms with Gasteiger partial charge in [-0.15, -0.1) is 0 Å². The molecule has 0 atom stereocenters. The minimum atomic E-state index is 0.545. The first kappa shape index (κ1) is 9.60. The SMILES string of the molecule is CCN=C=O.CO. The van der Waals surface area contributed by atoms with Gasteiger partial charge in [-0.05, 0) is 6.92 Å². The number of carbonyl (C=O) groups excluding carboxylic acids is 1. The molecule has 0 aliphatic carbocycles. The Morgan fingerprint density at radius 2 is 2.14 bits per heavy atom. The van der Waals surface area contributed by atoms with E-state index in [1.165, 1.54) is 6.08 Å². The van der Waals surface area contributed by atoms with E-state index >= 15 is 0 Å². The lowest BCUT2D eigenvalue weighted by Crippen LogP contribution is -1.58. The zero-order valence-electron chi connectivity index (χ0n) is 4.51. The van der Waals surface area contributed by atoms with E-state index in [1.54, 1.807) is 6.92 Å². The number of nitrogens with zero attached hydrogens (tertiary/aromatic N) is 1. The van der Waals surface area contributed by atoms with Crippen LogP contribution in [0.5, 0.6) is 0 Å². The third kappa shape index (κ3) is 33.2. The number of aliphatic hydroxyl groups is 1. The zero-order valence-corrected chi connectivity index (χ0v) is 4.51. The minimum absolute atomic E-state index is 0.545. The van der Waals surface area contributed by atoms with Gasteiger partial charge >= 0.3 is 0 Å². The largest absolute Gasteiger partial charge is 0.400 e. The van der Waals surface area contributed by atoms with Crippen molar-refractivity contribution in [2.45, 2.75) is 6.92 Å². The van der Waals surface area contributed by atoms with Gasteiger partial charge in [0, 0.05) is 13.7 Å². The van der Waals surface area contributed by atoms with E-state index in [0.717, 1.165) is 7.11 Å². The lowest BCUT2D eigenvalue weighted by molar-refractivity contribution is 0.399. The topological polar surface area (TPSA) is 49.7 Å². The van der Waals surface area contributed by atoms with Gasteiger partial charge in [-0.3, -0.25) is 0 Å². The lowest BCUT2D eigenvalue weighted by atomic mass is 10.8. The molecule has 7 heavy (non-hydrogen) atoms. The van der Waals surface area contributed by atoms with Gasteiger partial charge in [-0.2, -0.15) is 0 Å². The van der Waals surface area contributed by atoms with Gasteiger partial charge in [0.2, 0.25) is 6.08 Å². The van der Waals surface area contributed by atoms with Gasteiger partial charge in [0.25, 0.3) is 0 Å². The van der Waals surface area contributed by atoms with Gasteiger partial charge in [0.05, 0.1) is 0 Å². The maximum absolute atomic E-state index is 9.11. The van der Waals surface area contributed by atoms with Crippen LogP contribution in [0.3, 0.4) is 0 Å². The first-order valence-corrected chi connectivity index (χ1v) is 1.90. The van der Waals surface area contributed by atoms with Crippen LogP contribution in [0.2, 0.25) is 0 Å². The first-order valence-electron chi connectivity index (χ1n) is 1.90. The van der Waals surface area contributed by atoms with Crippen LogP contribution in [0.1, 0.15) is 6.92 Å². The van der Waals surface area contributed by atoms with Crippen LogP contribution in [-0.4, -0.2) is 24.8 Å². The van der Waals surface area contributed by atoms with Crippen LogP contribution in [0.25, 0.3) is 0 Å². The second kappa shape index (κ2) is 18.4. The number of rotatable bonds is 1. The molecular formula is C4H9NO2. The monoisotopic (exact) mass is 103 g/mol. The Hall–Kier alpha value is -0.660. The predicted molar refractivity (Wildman–Crippen MR) is 26.8 cm³/mol. The van der Waals surface area contributed by atoms with Crippen molar-refractivity contribution >= 4 is 6.08 Å². The molecule has 0 spiro atoms. The molecule has 0 amide bonds. The predicted octanol–water partition coefficient (Wildman–Crippen LogP) is -0.0494. The smallest absolute Gasteiger partial charge is 0.234 e. The maximum atomic E-state index is 9.11. The normalized spacial score (nSPS) is 5.00. The molecule has 3 heteroatoms. The summed E-state index contributed by atoms with van der Waals surface area (Å²) in [6.07, 6.45) is 1.39. The molecule has 0 rings (SSSR count). The molecule has 0 bridgehead atoms. The van der Waals surface area contributed by atoms with E-state index in [9.17, 15) is 0 Å². The van der Waals surface area contributed by atoms with Gasteiger partial charge in [-0.1, -0.05) is 0 Å². The average Bonchev–Trinajstić information content (AvgIpc) is 1.75. The fraction of sp³-hybridized carbons (Fsp3) is 0.750. The summed E-state index contributed by atoms with van der Waals surface area (Å²) in [4.78, 5) is 12.3. The van der Waals surface area contributed by atoms with Gasteiger partial charge in [0.1, 0.15) is 0 Å². The summed E-state index contributed by atoms with van der Waals surface area (Å²) in [6.45, 7) is 2.33. The fourth-order valence-corrected chi connectivity index (χ4v) is 0.0645. The van der Waals surface area contributed by atoms with Gasteiger partial charge < -0.3 is 5.11 Å². The summed E-state index contributed by atoms with van der Waals surface area (Å²) in [5.41, 5.74) is 0. The fourth-order valence-electron chi connectivity index (χ4n) is 0.0645. The molecule has 0 saturated heterocycles. The Kier molecular flexibility index (Phi) is 25.2. The highest BCUT2D eigenvalue weighted by molar-refractivity contribution is 5.32. The van der Waals surface area contributed by atoms with E-state index in [1.807, 2.05) is 0 Å². The van der Waals surface area contributed by atoms with E-state index in [2.05, 4.69) is 4.99 Å². The Morgan fingerprint density at radius 3 is 2.14 bits per heavy atom. The number of hydrogen-bond acceptors (Lipinski definition) is 3. The van der Waals surface area contributed by atoms with Crippen LogP contribution in [0.15, 0.2) is 4.99 Å². The van der Waals surface area contributed by atoms with Crippen molar-refractivity contribution in [2.75, 3.05) is 13.7 Å². The van der Waals surface area contributed by atoms with E-state index in [-0.39, 0.29) is 0 Å². The third-order valence-corrected chi connectivity index (χ3v) is 0.223. The Balaban J connectivity index is 0. The highest BCUT2D eigenvalue weighted by atomic mass is 16.2. The van der Waals surface area contributed by atoms with E-state index < -0.39 is 0 Å². The van der Waals surface area contributed by atoms with Gasteiger partial charge in [0.15, 0.2) is 0 Å².